The van der Waals surface area contributed by atoms with E-state index in [-0.39, 0.29) is 28.5 Å². The first-order chi connectivity index (χ1) is 23.1. The van der Waals surface area contributed by atoms with E-state index in [1.165, 1.54) is 42.6 Å². The van der Waals surface area contributed by atoms with Gasteiger partial charge in [0.05, 0.1) is 0 Å². The molecule has 0 aliphatic heterocycles. The number of rotatable bonds is 19. The number of pyridine rings is 2. The van der Waals surface area contributed by atoms with Gasteiger partial charge in [-0.05, 0) is 82.1 Å². The average molecular weight is 748 g/mol. The summed E-state index contributed by atoms with van der Waals surface area (Å²) in [6.07, 6.45) is 24.3. The van der Waals surface area contributed by atoms with Crippen LogP contribution in [0.1, 0.15) is 163 Å². The first-order valence-electron chi connectivity index (χ1n) is 18.7. The zero-order valence-electron chi connectivity index (χ0n) is 32.7. The zero-order valence-corrected chi connectivity index (χ0v) is 34.3. The van der Waals surface area contributed by atoms with Gasteiger partial charge in [-0.15, -0.1) is 0 Å². The number of carbonyl (C=O) groups is 4. The van der Waals surface area contributed by atoms with Crippen LogP contribution >= 0.6 is 0 Å². The monoisotopic (exact) mass is 746 g/mol. The molecule has 0 fully saturated rings. The summed E-state index contributed by atoms with van der Waals surface area (Å²) >= 11 is 0. The maximum atomic E-state index is 11.2. The SMILES string of the molecule is CCC/C=C/C(=O)CCC.CCCC(=O)C[n+]1ccccc1.CCCC(C)=O.CCCC=O.CCCc1cc(CCC)nc(CCC)c1.[Br-]. The Morgan fingerprint density at radius 1 is 0.653 bits per heavy atom. The molecule has 7 heteroatoms. The number of unbranched alkanes of at least 4 members (excludes halogenated alkanes) is 2. The Balaban J connectivity index is -0.000000271. The molecule has 49 heavy (non-hydrogen) atoms. The van der Waals surface area contributed by atoms with Crippen molar-refractivity contribution in [1.82, 2.24) is 4.98 Å². The quantitative estimate of drug-likeness (QED) is 0.0853. The van der Waals surface area contributed by atoms with Crippen LogP contribution in [0.2, 0.25) is 0 Å². The third-order valence-electron chi connectivity index (χ3n) is 6.47. The minimum absolute atomic E-state index is 0. The first kappa shape index (κ1) is 53.0. The van der Waals surface area contributed by atoms with Crippen LogP contribution in [-0.2, 0) is 45.0 Å². The number of hydrogen-bond acceptors (Lipinski definition) is 5. The van der Waals surface area contributed by atoms with E-state index in [0.717, 1.165) is 64.1 Å². The molecule has 6 nitrogen and oxygen atoms in total. The van der Waals surface area contributed by atoms with Crippen molar-refractivity contribution in [3.63, 3.8) is 0 Å². The number of halogens is 1. The van der Waals surface area contributed by atoms with Crippen molar-refractivity contribution in [2.24, 2.45) is 0 Å². The molecule has 0 unspecified atom stereocenters. The van der Waals surface area contributed by atoms with Gasteiger partial charge in [-0.1, -0.05) is 93.2 Å². The Hall–Kier alpha value is -2.80. The molecule has 0 spiro atoms. The van der Waals surface area contributed by atoms with Crippen LogP contribution in [0.3, 0.4) is 0 Å². The number of allylic oxidation sites excluding steroid dienone is 2. The third kappa shape index (κ3) is 39.5. The largest absolute Gasteiger partial charge is 1.00 e. The van der Waals surface area contributed by atoms with Gasteiger partial charge >= 0.3 is 0 Å². The molecular formula is C42H71BrN2O4. The van der Waals surface area contributed by atoms with E-state index in [4.69, 9.17) is 4.98 Å². The fourth-order valence-corrected chi connectivity index (χ4v) is 4.20. The summed E-state index contributed by atoms with van der Waals surface area (Å²) in [5, 5.41) is 0. The van der Waals surface area contributed by atoms with Gasteiger partial charge in [-0.2, -0.15) is 4.57 Å². The second kappa shape index (κ2) is 41.4. The van der Waals surface area contributed by atoms with Gasteiger partial charge in [0.1, 0.15) is 12.1 Å². The molecule has 0 aromatic carbocycles. The standard InChI is InChI=1S/C14H23N.C10H14NO.C9H16O.C5H10O.C4H8O.BrH/c1-4-7-12-10-13(8-5-2)15-14(11-12)9-6-3;1-2-6-10(12)9-11-7-4-3-5-8-11;1-3-5-6-8-9(10)7-4-2;1-3-4-5(2)6;1-2-3-4-5;/h10-11H,4-9H2,1-3H3;3-5,7-8H,2,6,9H2,1H3;6,8H,3-5,7H2,1-2H3;3-4H2,1-2H3;4H,2-3H2,1H3;1H/q;+1;;;;/p-1/b;;8-6+;;;. The first-order valence-corrected chi connectivity index (χ1v) is 18.7. The molecule has 0 atom stereocenters. The lowest BCUT2D eigenvalue weighted by atomic mass is 10.1. The number of Topliss-reactive ketones (excluding diaryl/α,β-unsaturated/α-hetero) is 2. The third-order valence-corrected chi connectivity index (χ3v) is 6.47. The highest BCUT2D eigenvalue weighted by Crippen LogP contribution is 2.11. The zero-order chi connectivity index (χ0) is 36.8. The predicted molar refractivity (Wildman–Crippen MR) is 203 cm³/mol. The van der Waals surface area contributed by atoms with Crippen molar-refractivity contribution in [2.75, 3.05) is 0 Å². The van der Waals surface area contributed by atoms with E-state index in [1.54, 1.807) is 13.0 Å². The van der Waals surface area contributed by atoms with Gasteiger partial charge in [-0.3, -0.25) is 14.6 Å². The smallest absolute Gasteiger partial charge is 0.206 e. The molecule has 0 bridgehead atoms. The van der Waals surface area contributed by atoms with Crippen molar-refractivity contribution in [3.8, 4) is 0 Å². The molecule has 0 radical (unpaired) electrons. The molecule has 0 aliphatic rings. The highest BCUT2D eigenvalue weighted by Gasteiger charge is 2.06. The van der Waals surface area contributed by atoms with E-state index in [9.17, 15) is 19.2 Å². The fourth-order valence-electron chi connectivity index (χ4n) is 4.20. The summed E-state index contributed by atoms with van der Waals surface area (Å²) in [6.45, 7) is 18.9. The fraction of sp³-hybridized carbons (Fsp3) is 0.619. The van der Waals surface area contributed by atoms with Gasteiger partial charge in [0, 0.05) is 49.2 Å². The van der Waals surface area contributed by atoms with Crippen molar-refractivity contribution < 1.29 is 40.7 Å². The number of aromatic nitrogens is 2. The lowest BCUT2D eigenvalue weighted by Crippen LogP contribution is -3.00. The molecule has 2 aromatic rings. The summed E-state index contributed by atoms with van der Waals surface area (Å²) in [7, 11) is 0. The van der Waals surface area contributed by atoms with E-state index in [0.29, 0.717) is 31.6 Å². The Kier molecular flexibility index (Phi) is 44.8. The maximum Gasteiger partial charge on any atom is 0.206 e. The Bertz CT molecular complexity index is 1030. The molecule has 0 aliphatic carbocycles. The lowest BCUT2D eigenvalue weighted by molar-refractivity contribution is -0.684. The predicted octanol–water partition coefficient (Wildman–Crippen LogP) is 7.36. The summed E-state index contributed by atoms with van der Waals surface area (Å²) in [5.41, 5.74) is 4.04. The summed E-state index contributed by atoms with van der Waals surface area (Å²) in [5.74, 6) is 0.849. The van der Waals surface area contributed by atoms with E-state index < -0.39 is 0 Å². The molecule has 2 rings (SSSR count). The van der Waals surface area contributed by atoms with Crippen molar-refractivity contribution >= 4 is 23.6 Å². The van der Waals surface area contributed by atoms with E-state index >= 15 is 0 Å². The van der Waals surface area contributed by atoms with Crippen LogP contribution in [-0.4, -0.2) is 28.6 Å². The molecule has 2 aromatic heterocycles. The number of nitrogens with zero attached hydrogens (tertiary/aromatic N) is 2. The Morgan fingerprint density at radius 3 is 1.53 bits per heavy atom. The second-order valence-electron chi connectivity index (χ2n) is 11.9. The number of aldehydes is 1. The second-order valence-corrected chi connectivity index (χ2v) is 11.9. The number of ketones is 3. The van der Waals surface area contributed by atoms with Gasteiger partial charge in [0.2, 0.25) is 6.54 Å². The molecular weight excluding hydrogens is 676 g/mol. The van der Waals surface area contributed by atoms with Crippen molar-refractivity contribution in [2.45, 2.75) is 172 Å². The minimum Gasteiger partial charge on any atom is -1.00 e. The van der Waals surface area contributed by atoms with Crippen LogP contribution < -0.4 is 21.5 Å². The number of carbonyl (C=O) groups excluding carboxylic acids is 4. The van der Waals surface area contributed by atoms with Crippen LogP contribution in [0.15, 0.2) is 54.9 Å². The average Bonchev–Trinajstić information content (AvgIpc) is 3.04. The molecule has 280 valence electrons. The Morgan fingerprint density at radius 2 is 1.16 bits per heavy atom. The minimum atomic E-state index is 0. The van der Waals surface area contributed by atoms with Crippen LogP contribution in [0.25, 0.3) is 0 Å². The Labute approximate surface area is 311 Å². The normalized spacial score (nSPS) is 9.57. The highest BCUT2D eigenvalue weighted by atomic mass is 79.9. The van der Waals surface area contributed by atoms with Crippen LogP contribution in [0.5, 0.6) is 0 Å². The van der Waals surface area contributed by atoms with Crippen LogP contribution in [0, 0.1) is 0 Å². The molecule has 0 saturated heterocycles. The topological polar surface area (TPSA) is 85.0 Å². The van der Waals surface area contributed by atoms with Crippen molar-refractivity contribution in [3.05, 3.63) is 71.8 Å². The van der Waals surface area contributed by atoms with Gasteiger partial charge in [-0.25, -0.2) is 0 Å². The summed E-state index contributed by atoms with van der Waals surface area (Å²) < 4.78 is 1.90. The van der Waals surface area contributed by atoms with Gasteiger partial charge < -0.3 is 26.6 Å². The van der Waals surface area contributed by atoms with E-state index in [2.05, 4.69) is 39.8 Å². The van der Waals surface area contributed by atoms with E-state index in [1.807, 2.05) is 68.9 Å². The number of aryl methyl sites for hydroxylation is 3. The number of hydrogen-bond donors (Lipinski definition) is 0. The molecule has 0 N–H and O–H groups in total. The molecule has 0 amide bonds. The van der Waals surface area contributed by atoms with Gasteiger partial charge in [0.15, 0.2) is 24.0 Å². The molecule has 2 heterocycles. The summed E-state index contributed by atoms with van der Waals surface area (Å²) in [6, 6.07) is 10.4. The van der Waals surface area contributed by atoms with Crippen LogP contribution in [0.4, 0.5) is 0 Å². The van der Waals surface area contributed by atoms with Crippen molar-refractivity contribution in [1.29, 1.82) is 0 Å². The maximum absolute atomic E-state index is 11.2. The lowest BCUT2D eigenvalue weighted by Gasteiger charge is -2.07. The summed E-state index contributed by atoms with van der Waals surface area (Å²) in [4.78, 5) is 46.2. The highest BCUT2D eigenvalue weighted by molar-refractivity contribution is 5.89. The molecule has 0 saturated carbocycles. The van der Waals surface area contributed by atoms with Gasteiger partial charge in [0.25, 0.3) is 0 Å².